The molecule has 1 saturated heterocycles. The van der Waals surface area contributed by atoms with Crippen LogP contribution in [-0.4, -0.2) is 17.8 Å². The smallest absolute Gasteiger partial charge is 0.335 e. The SMILES string of the molecule is Cc1cc(C)cc(N2C(=O)NC(=O)/C(=C\c3cc(Br)c(OCc4cccc(F)c4)c(Br)c3)C2=O)c1. The molecule has 1 fully saturated rings. The second-order valence-corrected chi connectivity index (χ2v) is 9.74. The summed E-state index contributed by atoms with van der Waals surface area (Å²) in [4.78, 5) is 39.2. The van der Waals surface area contributed by atoms with Gasteiger partial charge in [-0.3, -0.25) is 14.9 Å². The van der Waals surface area contributed by atoms with Crippen LogP contribution < -0.4 is 15.0 Å². The minimum Gasteiger partial charge on any atom is -0.487 e. The fourth-order valence-electron chi connectivity index (χ4n) is 3.72. The summed E-state index contributed by atoms with van der Waals surface area (Å²) in [5, 5.41) is 2.23. The number of hydrogen-bond acceptors (Lipinski definition) is 4. The van der Waals surface area contributed by atoms with Crippen molar-refractivity contribution in [3.8, 4) is 5.75 Å². The number of urea groups is 1. The monoisotopic (exact) mass is 600 g/mol. The van der Waals surface area contributed by atoms with Crippen molar-refractivity contribution in [2.75, 3.05) is 4.90 Å². The van der Waals surface area contributed by atoms with Gasteiger partial charge in [0.25, 0.3) is 11.8 Å². The Morgan fingerprint density at radius 3 is 2.26 bits per heavy atom. The van der Waals surface area contributed by atoms with Crippen LogP contribution >= 0.6 is 31.9 Å². The van der Waals surface area contributed by atoms with E-state index in [4.69, 9.17) is 4.74 Å². The molecule has 3 aromatic carbocycles. The summed E-state index contributed by atoms with van der Waals surface area (Å²) in [6, 6.07) is 14.0. The van der Waals surface area contributed by atoms with Gasteiger partial charge in [-0.05, 0) is 110 Å². The minimum atomic E-state index is -0.800. The van der Waals surface area contributed by atoms with E-state index in [1.165, 1.54) is 18.2 Å². The largest absolute Gasteiger partial charge is 0.487 e. The average molecular weight is 602 g/mol. The molecule has 0 unspecified atom stereocenters. The van der Waals surface area contributed by atoms with E-state index in [0.29, 0.717) is 31.5 Å². The van der Waals surface area contributed by atoms with Gasteiger partial charge in [-0.15, -0.1) is 0 Å². The molecule has 0 bridgehead atoms. The predicted molar refractivity (Wildman–Crippen MR) is 137 cm³/mol. The number of nitrogens with one attached hydrogen (secondary N) is 1. The van der Waals surface area contributed by atoms with E-state index < -0.39 is 17.8 Å². The molecule has 35 heavy (non-hydrogen) atoms. The van der Waals surface area contributed by atoms with Gasteiger partial charge in [-0.2, -0.15) is 0 Å². The van der Waals surface area contributed by atoms with E-state index in [0.717, 1.165) is 16.0 Å². The molecule has 0 saturated carbocycles. The van der Waals surface area contributed by atoms with E-state index in [2.05, 4.69) is 37.2 Å². The Bertz CT molecular complexity index is 1360. The molecule has 0 atom stereocenters. The highest BCUT2D eigenvalue weighted by molar-refractivity contribution is 9.11. The summed E-state index contributed by atoms with van der Waals surface area (Å²) in [7, 11) is 0. The van der Waals surface area contributed by atoms with Gasteiger partial charge in [0.15, 0.2) is 0 Å². The van der Waals surface area contributed by atoms with Crippen molar-refractivity contribution in [2.24, 2.45) is 0 Å². The first kappa shape index (κ1) is 24.8. The lowest BCUT2D eigenvalue weighted by Crippen LogP contribution is -2.54. The number of carbonyl (C=O) groups excluding carboxylic acids is 3. The maximum Gasteiger partial charge on any atom is 0.335 e. The van der Waals surface area contributed by atoms with Crippen molar-refractivity contribution in [1.82, 2.24) is 5.32 Å². The van der Waals surface area contributed by atoms with E-state index in [1.807, 2.05) is 19.9 Å². The Morgan fingerprint density at radius 2 is 1.63 bits per heavy atom. The number of rotatable bonds is 5. The van der Waals surface area contributed by atoms with Gasteiger partial charge in [-0.25, -0.2) is 14.1 Å². The van der Waals surface area contributed by atoms with Crippen LogP contribution in [-0.2, 0) is 16.2 Å². The highest BCUT2D eigenvalue weighted by Gasteiger charge is 2.37. The van der Waals surface area contributed by atoms with Crippen molar-refractivity contribution >= 4 is 61.5 Å². The Morgan fingerprint density at radius 1 is 0.971 bits per heavy atom. The lowest BCUT2D eigenvalue weighted by atomic mass is 10.1. The van der Waals surface area contributed by atoms with Crippen molar-refractivity contribution < 1.29 is 23.5 Å². The molecule has 4 amide bonds. The molecule has 0 spiro atoms. The van der Waals surface area contributed by atoms with Crippen molar-refractivity contribution in [3.63, 3.8) is 0 Å². The standard InChI is InChI=1S/C26H19Br2FN2O4/c1-14-6-15(2)8-19(7-14)31-25(33)20(24(32)30-26(31)34)10-17-11-21(27)23(22(28)12-17)35-13-16-4-3-5-18(29)9-16/h3-12H,13H2,1-2H3,(H,30,32,34)/b20-10+. The van der Waals surface area contributed by atoms with Crippen LogP contribution in [0.1, 0.15) is 22.3 Å². The minimum absolute atomic E-state index is 0.142. The number of anilines is 1. The third-order valence-electron chi connectivity index (χ3n) is 5.17. The number of imide groups is 2. The maximum absolute atomic E-state index is 13.4. The molecule has 4 rings (SSSR count). The van der Waals surface area contributed by atoms with Crippen LogP contribution in [0.15, 0.2) is 69.1 Å². The van der Waals surface area contributed by atoms with Crippen LogP contribution in [0, 0.1) is 19.7 Å². The Hall–Kier alpha value is -3.30. The van der Waals surface area contributed by atoms with E-state index in [1.54, 1.807) is 36.4 Å². The molecule has 0 aromatic heterocycles. The summed E-state index contributed by atoms with van der Waals surface area (Å²) in [5.74, 6) is -1.38. The second kappa shape index (κ2) is 10.1. The molecule has 3 aromatic rings. The number of halogens is 3. The number of hydrogen-bond donors (Lipinski definition) is 1. The van der Waals surface area contributed by atoms with Crippen molar-refractivity contribution in [3.05, 3.63) is 97.2 Å². The van der Waals surface area contributed by atoms with Crippen molar-refractivity contribution in [2.45, 2.75) is 20.5 Å². The third-order valence-corrected chi connectivity index (χ3v) is 6.35. The number of nitrogens with zero attached hydrogens (tertiary/aromatic N) is 1. The highest BCUT2D eigenvalue weighted by Crippen LogP contribution is 2.36. The number of ether oxygens (including phenoxy) is 1. The molecule has 0 radical (unpaired) electrons. The molecule has 9 heteroatoms. The molecule has 1 heterocycles. The lowest BCUT2D eigenvalue weighted by Gasteiger charge is -2.27. The number of barbiturate groups is 1. The predicted octanol–water partition coefficient (Wildman–Crippen LogP) is 6.21. The highest BCUT2D eigenvalue weighted by atomic mass is 79.9. The van der Waals surface area contributed by atoms with Crippen LogP contribution in [0.5, 0.6) is 5.75 Å². The zero-order valence-corrected chi connectivity index (χ0v) is 21.9. The zero-order valence-electron chi connectivity index (χ0n) is 18.7. The molecule has 0 aliphatic carbocycles. The first-order valence-corrected chi connectivity index (χ1v) is 12.1. The molecular weight excluding hydrogens is 583 g/mol. The summed E-state index contributed by atoms with van der Waals surface area (Å²) >= 11 is 6.89. The van der Waals surface area contributed by atoms with E-state index >= 15 is 0 Å². The van der Waals surface area contributed by atoms with Crippen LogP contribution in [0.25, 0.3) is 6.08 Å². The normalized spacial score (nSPS) is 14.9. The van der Waals surface area contributed by atoms with Gasteiger partial charge in [0.05, 0.1) is 14.6 Å². The second-order valence-electron chi connectivity index (χ2n) is 8.04. The van der Waals surface area contributed by atoms with Crippen LogP contribution in [0.3, 0.4) is 0 Å². The summed E-state index contributed by atoms with van der Waals surface area (Å²) in [6.07, 6.45) is 1.41. The van der Waals surface area contributed by atoms with Crippen LogP contribution in [0.2, 0.25) is 0 Å². The van der Waals surface area contributed by atoms with Gasteiger partial charge >= 0.3 is 6.03 Å². The Balaban J connectivity index is 1.62. The summed E-state index contributed by atoms with van der Waals surface area (Å²) in [5.41, 5.74) is 3.14. The molecule has 1 N–H and O–H groups in total. The van der Waals surface area contributed by atoms with Gasteiger partial charge in [0, 0.05) is 0 Å². The summed E-state index contributed by atoms with van der Waals surface area (Å²) in [6.45, 7) is 3.86. The zero-order chi connectivity index (χ0) is 25.3. The van der Waals surface area contributed by atoms with Gasteiger partial charge in [-0.1, -0.05) is 18.2 Å². The molecule has 1 aliphatic rings. The Kier molecular flexibility index (Phi) is 7.18. The third kappa shape index (κ3) is 5.52. The molecule has 1 aliphatic heterocycles. The van der Waals surface area contributed by atoms with Crippen LogP contribution in [0.4, 0.5) is 14.9 Å². The van der Waals surface area contributed by atoms with Gasteiger partial charge in [0.1, 0.15) is 23.7 Å². The molecule has 6 nitrogen and oxygen atoms in total. The topological polar surface area (TPSA) is 75.7 Å². The Labute approximate surface area is 218 Å². The van der Waals surface area contributed by atoms with Gasteiger partial charge < -0.3 is 4.74 Å². The first-order valence-electron chi connectivity index (χ1n) is 10.5. The molecular formula is C26H19Br2FN2O4. The van der Waals surface area contributed by atoms with E-state index in [9.17, 15) is 18.8 Å². The fraction of sp³-hybridized carbons (Fsp3) is 0.115. The first-order chi connectivity index (χ1) is 16.6. The quantitative estimate of drug-likeness (QED) is 0.279. The average Bonchev–Trinajstić information content (AvgIpc) is 2.75. The molecule has 178 valence electrons. The van der Waals surface area contributed by atoms with Gasteiger partial charge in [0.2, 0.25) is 0 Å². The van der Waals surface area contributed by atoms with Crippen molar-refractivity contribution in [1.29, 1.82) is 0 Å². The number of carbonyl (C=O) groups is 3. The fourth-order valence-corrected chi connectivity index (χ4v) is 5.17. The maximum atomic E-state index is 13.4. The lowest BCUT2D eigenvalue weighted by molar-refractivity contribution is -0.122. The number of amides is 4. The van der Waals surface area contributed by atoms with E-state index in [-0.39, 0.29) is 18.0 Å². The number of aryl methyl sites for hydroxylation is 2. The summed E-state index contributed by atoms with van der Waals surface area (Å²) < 4.78 is 20.4. The number of benzene rings is 3.